The van der Waals surface area contributed by atoms with Crippen molar-refractivity contribution in [3.8, 4) is 45.3 Å². The number of nitrogens with one attached hydrogen (secondary N) is 2. The predicted octanol–water partition coefficient (Wildman–Crippen LogP) is 9.45. The lowest BCUT2D eigenvalue weighted by molar-refractivity contribution is 0.473. The third-order valence-corrected chi connectivity index (χ3v) is 9.01. The summed E-state index contributed by atoms with van der Waals surface area (Å²) in [6.45, 7) is 13.9. The second kappa shape index (κ2) is 10.8. The van der Waals surface area contributed by atoms with Gasteiger partial charge < -0.3 is 20.5 Å². The molecule has 0 fully saturated rings. The molecule has 232 valence electrons. The van der Waals surface area contributed by atoms with Gasteiger partial charge in [0.2, 0.25) is 0 Å². The van der Waals surface area contributed by atoms with Gasteiger partial charge in [-0.25, -0.2) is 9.97 Å². The van der Waals surface area contributed by atoms with Gasteiger partial charge in [-0.2, -0.15) is 0 Å². The minimum Gasteiger partial charge on any atom is -0.507 e. The number of H-pyrrole nitrogens is 1. The molecule has 0 spiro atoms. The zero-order valence-electron chi connectivity index (χ0n) is 27.3. The maximum atomic E-state index is 11.6. The minimum absolute atomic E-state index is 0.126. The van der Waals surface area contributed by atoms with E-state index in [2.05, 4.69) is 88.3 Å². The summed E-state index contributed by atoms with van der Waals surface area (Å²) in [6, 6.07) is 24.3. The molecule has 0 radical (unpaired) electrons. The number of aromatic nitrogens is 3. The van der Waals surface area contributed by atoms with Gasteiger partial charge in [0.05, 0.1) is 22.4 Å². The van der Waals surface area contributed by atoms with Crippen molar-refractivity contribution in [1.29, 1.82) is 0 Å². The molecule has 1 aliphatic rings. The van der Waals surface area contributed by atoms with Gasteiger partial charge in [0.1, 0.15) is 11.5 Å². The van der Waals surface area contributed by atoms with Crippen molar-refractivity contribution in [2.75, 3.05) is 6.54 Å². The number of aromatic amines is 1. The largest absolute Gasteiger partial charge is 0.507 e. The topological polar surface area (TPSA) is 94.1 Å². The molecule has 0 saturated carbocycles. The summed E-state index contributed by atoms with van der Waals surface area (Å²) in [7, 11) is 0. The van der Waals surface area contributed by atoms with Crippen LogP contribution in [0.2, 0.25) is 0 Å². The average molecular weight is 609 g/mol. The van der Waals surface area contributed by atoms with Crippen molar-refractivity contribution >= 4 is 27.5 Å². The molecule has 1 aliphatic heterocycles. The predicted molar refractivity (Wildman–Crippen MR) is 189 cm³/mol. The summed E-state index contributed by atoms with van der Waals surface area (Å²) >= 11 is 0. The molecule has 46 heavy (non-hydrogen) atoms. The molecule has 7 rings (SSSR count). The van der Waals surface area contributed by atoms with Crippen LogP contribution < -0.4 is 5.32 Å². The fourth-order valence-corrected chi connectivity index (χ4v) is 6.20. The van der Waals surface area contributed by atoms with Crippen LogP contribution in [-0.2, 0) is 10.8 Å². The first-order valence-electron chi connectivity index (χ1n) is 15.9. The average Bonchev–Trinajstić information content (AvgIpc) is 3.75. The molecule has 6 nitrogen and oxygen atoms in total. The number of benzene rings is 3. The van der Waals surface area contributed by atoms with E-state index in [0.717, 1.165) is 68.4 Å². The van der Waals surface area contributed by atoms with Gasteiger partial charge in [-0.05, 0) is 76.9 Å². The van der Waals surface area contributed by atoms with Crippen LogP contribution in [0.15, 0.2) is 85.1 Å². The Morgan fingerprint density at radius 2 is 1.13 bits per heavy atom. The Kier molecular flexibility index (Phi) is 6.93. The standard InChI is InChI=1S/C40H40N4O2/c1-39(2,3)25-19-27(31-9-7-17-41-31)37(45)29(21-25)33-15-13-23-11-12-24-14-16-34(44-36(24)35(23)43-33)30-22-26(40(4,5)6)20-28(38(30)46)32-10-8-18-42-32/h7,9-17,19-22,41-42,45-46H,8,18H2,1-6H3. The lowest BCUT2D eigenvalue weighted by Crippen LogP contribution is -2.13. The molecule has 0 unspecified atom stereocenters. The normalized spacial score (nSPS) is 13.7. The van der Waals surface area contributed by atoms with Crippen molar-refractivity contribution in [1.82, 2.24) is 20.3 Å². The first-order valence-corrected chi connectivity index (χ1v) is 15.9. The molecule has 0 atom stereocenters. The minimum atomic E-state index is -0.143. The van der Waals surface area contributed by atoms with Crippen LogP contribution in [0.25, 0.3) is 61.3 Å². The highest BCUT2D eigenvalue weighted by Crippen LogP contribution is 2.43. The molecule has 0 amide bonds. The summed E-state index contributed by atoms with van der Waals surface area (Å²) in [5.41, 5.74) is 9.50. The van der Waals surface area contributed by atoms with Crippen LogP contribution in [0.3, 0.4) is 0 Å². The van der Waals surface area contributed by atoms with Crippen LogP contribution in [-0.4, -0.2) is 31.7 Å². The van der Waals surface area contributed by atoms with E-state index in [1.807, 2.05) is 48.7 Å². The number of aromatic hydroxyl groups is 2. The van der Waals surface area contributed by atoms with E-state index in [-0.39, 0.29) is 22.3 Å². The van der Waals surface area contributed by atoms with E-state index in [4.69, 9.17) is 9.97 Å². The zero-order chi connectivity index (χ0) is 32.4. The van der Waals surface area contributed by atoms with Gasteiger partial charge in [-0.15, -0.1) is 0 Å². The highest BCUT2D eigenvalue weighted by atomic mass is 16.3. The van der Waals surface area contributed by atoms with E-state index >= 15 is 0 Å². The first-order chi connectivity index (χ1) is 21.9. The molecule has 0 bridgehead atoms. The number of nitrogens with zero attached hydrogens (tertiary/aromatic N) is 2. The van der Waals surface area contributed by atoms with E-state index in [1.54, 1.807) is 0 Å². The summed E-state index contributed by atoms with van der Waals surface area (Å²) in [6.07, 6.45) is 4.93. The van der Waals surface area contributed by atoms with E-state index in [1.165, 1.54) is 0 Å². The Morgan fingerprint density at radius 3 is 1.61 bits per heavy atom. The number of hydrogen-bond acceptors (Lipinski definition) is 5. The molecule has 4 heterocycles. The fourth-order valence-electron chi connectivity index (χ4n) is 6.20. The van der Waals surface area contributed by atoms with Crippen molar-refractivity contribution < 1.29 is 10.2 Å². The van der Waals surface area contributed by atoms with Gasteiger partial charge in [0.15, 0.2) is 0 Å². The van der Waals surface area contributed by atoms with Crippen molar-refractivity contribution in [2.45, 2.75) is 58.8 Å². The maximum absolute atomic E-state index is 11.6. The number of hydrogen-bond donors (Lipinski definition) is 4. The fraction of sp³-hybridized carbons (Fsp3) is 0.250. The lowest BCUT2D eigenvalue weighted by atomic mass is 9.83. The lowest BCUT2D eigenvalue weighted by Gasteiger charge is -2.23. The summed E-state index contributed by atoms with van der Waals surface area (Å²) in [5, 5.41) is 28.6. The van der Waals surface area contributed by atoms with Gasteiger partial charge in [0.25, 0.3) is 0 Å². The van der Waals surface area contributed by atoms with Gasteiger partial charge in [-0.3, -0.25) is 0 Å². The second-order valence-electron chi connectivity index (χ2n) is 14.4. The Hall–Kier alpha value is -5.10. The Balaban J connectivity index is 1.44. The van der Waals surface area contributed by atoms with Crippen LogP contribution in [0.5, 0.6) is 11.5 Å². The zero-order valence-corrected chi connectivity index (χ0v) is 27.3. The number of rotatable bonds is 4. The number of phenols is 2. The second-order valence-corrected chi connectivity index (χ2v) is 14.4. The van der Waals surface area contributed by atoms with Crippen molar-refractivity contribution in [3.05, 3.63) is 102 Å². The molecule has 3 aromatic heterocycles. The van der Waals surface area contributed by atoms with Crippen LogP contribution >= 0.6 is 0 Å². The molecule has 6 aromatic rings. The molecule has 0 aliphatic carbocycles. The van der Waals surface area contributed by atoms with E-state index in [0.29, 0.717) is 22.5 Å². The van der Waals surface area contributed by atoms with Crippen LogP contribution in [0.1, 0.15) is 64.7 Å². The van der Waals surface area contributed by atoms with E-state index < -0.39 is 0 Å². The van der Waals surface area contributed by atoms with Crippen molar-refractivity contribution in [3.63, 3.8) is 0 Å². The van der Waals surface area contributed by atoms with Gasteiger partial charge in [-0.1, -0.05) is 71.9 Å². The van der Waals surface area contributed by atoms with Crippen LogP contribution in [0, 0.1) is 0 Å². The smallest absolute Gasteiger partial charge is 0.134 e. The Bertz CT molecular complexity index is 2160. The van der Waals surface area contributed by atoms with Crippen molar-refractivity contribution in [2.24, 2.45) is 0 Å². The maximum Gasteiger partial charge on any atom is 0.134 e. The third kappa shape index (κ3) is 5.18. The quantitative estimate of drug-likeness (QED) is 0.150. The van der Waals surface area contributed by atoms with Gasteiger partial charge >= 0.3 is 0 Å². The SMILES string of the molecule is CC(C)(C)c1cc(C2=CCCN2)c(O)c(-c2ccc3ccc4ccc(-c5cc(C(C)(C)C)cc(-c6ccc[nH]6)c5O)nc4c3n2)c1. The molecule has 4 N–H and O–H groups in total. The summed E-state index contributed by atoms with van der Waals surface area (Å²) in [4.78, 5) is 13.6. The highest BCUT2D eigenvalue weighted by molar-refractivity contribution is 6.04. The van der Waals surface area contributed by atoms with E-state index in [9.17, 15) is 10.2 Å². The van der Waals surface area contributed by atoms with Crippen LogP contribution in [0.4, 0.5) is 0 Å². The monoisotopic (exact) mass is 608 g/mol. The molecule has 6 heteroatoms. The highest BCUT2D eigenvalue weighted by Gasteiger charge is 2.24. The molecular formula is C40H40N4O2. The molecular weight excluding hydrogens is 568 g/mol. The first kappa shape index (κ1) is 29.6. The molecule has 3 aromatic carbocycles. The summed E-state index contributed by atoms with van der Waals surface area (Å²) in [5.74, 6) is 0.401. The Morgan fingerprint density at radius 1 is 0.630 bits per heavy atom. The number of pyridine rings is 2. The Labute approximate surface area is 269 Å². The summed E-state index contributed by atoms with van der Waals surface area (Å²) < 4.78 is 0. The molecule has 0 saturated heterocycles. The third-order valence-electron chi connectivity index (χ3n) is 9.01. The number of fused-ring (bicyclic) bond motifs is 3. The number of phenolic OH excluding ortho intramolecular Hbond substituents is 2. The van der Waals surface area contributed by atoms with Gasteiger partial charge in [0, 0.05) is 57.2 Å².